The minimum Gasteiger partial charge on any atom is -0.493 e. The molecule has 1 aromatic heterocycles. The Bertz CT molecular complexity index is 847. The highest BCUT2D eigenvalue weighted by molar-refractivity contribution is 8.03. The summed E-state index contributed by atoms with van der Waals surface area (Å²) in [5.74, 6) is 1.50. The standard InChI is InChI=1S/C19H25N3O5S3/c1-4-7-20-17(25)11-29-19-22-21-18(30-19)28-10-14(24)9-27-15-6-5-13(12(2)23)8-16(15)26-3/h5-6,8,14,24H,4,7,9-11H2,1-3H3,(H,20,25). The van der Waals surface area contributed by atoms with E-state index >= 15 is 0 Å². The first-order valence-corrected chi connectivity index (χ1v) is 12.1. The lowest BCUT2D eigenvalue weighted by Gasteiger charge is -2.14. The predicted octanol–water partition coefficient (Wildman–Crippen LogP) is 2.90. The van der Waals surface area contributed by atoms with E-state index < -0.39 is 6.10 Å². The molecule has 11 heteroatoms. The molecule has 0 aliphatic carbocycles. The van der Waals surface area contributed by atoms with Gasteiger partial charge in [0, 0.05) is 17.9 Å². The average molecular weight is 472 g/mol. The molecule has 0 saturated heterocycles. The minimum atomic E-state index is -0.730. The van der Waals surface area contributed by atoms with Crippen molar-refractivity contribution in [3.8, 4) is 11.5 Å². The quantitative estimate of drug-likeness (QED) is 0.336. The van der Waals surface area contributed by atoms with E-state index in [-0.39, 0.29) is 18.3 Å². The normalized spacial score (nSPS) is 11.7. The second-order valence-corrected chi connectivity index (χ2v) is 9.64. The summed E-state index contributed by atoms with van der Waals surface area (Å²) >= 11 is 4.10. The molecule has 8 nitrogen and oxygen atoms in total. The van der Waals surface area contributed by atoms with E-state index in [1.54, 1.807) is 18.2 Å². The number of Topliss-reactive ketones (excluding diaryl/α,β-unsaturated/α-hetero) is 1. The first-order chi connectivity index (χ1) is 14.4. The summed E-state index contributed by atoms with van der Waals surface area (Å²) in [7, 11) is 1.50. The highest BCUT2D eigenvalue weighted by Gasteiger charge is 2.14. The molecule has 1 amide bonds. The Morgan fingerprint density at radius 3 is 2.63 bits per heavy atom. The van der Waals surface area contributed by atoms with Crippen LogP contribution in [0.3, 0.4) is 0 Å². The van der Waals surface area contributed by atoms with Crippen LogP contribution in [0.25, 0.3) is 0 Å². The van der Waals surface area contributed by atoms with Crippen molar-refractivity contribution in [1.82, 2.24) is 15.5 Å². The number of nitrogens with zero attached hydrogens (tertiary/aromatic N) is 2. The SMILES string of the molecule is CCCNC(=O)CSc1nnc(SCC(O)COc2ccc(C(C)=O)cc2OC)s1. The molecule has 164 valence electrons. The fourth-order valence-electron chi connectivity index (χ4n) is 2.16. The van der Waals surface area contributed by atoms with Crippen molar-refractivity contribution in [2.45, 2.75) is 35.1 Å². The van der Waals surface area contributed by atoms with Gasteiger partial charge in [-0.3, -0.25) is 9.59 Å². The van der Waals surface area contributed by atoms with E-state index in [1.807, 2.05) is 6.92 Å². The van der Waals surface area contributed by atoms with Crippen molar-refractivity contribution >= 4 is 46.6 Å². The van der Waals surface area contributed by atoms with Gasteiger partial charge in [-0.25, -0.2) is 0 Å². The first kappa shape index (κ1) is 24.4. The van der Waals surface area contributed by atoms with Gasteiger partial charge >= 0.3 is 0 Å². The van der Waals surface area contributed by atoms with Crippen molar-refractivity contribution < 1.29 is 24.2 Å². The van der Waals surface area contributed by atoms with Gasteiger partial charge in [0.05, 0.1) is 19.0 Å². The summed E-state index contributed by atoms with van der Waals surface area (Å²) in [6, 6.07) is 4.92. The maximum absolute atomic E-state index is 11.6. The number of carbonyl (C=O) groups is 2. The molecule has 0 spiro atoms. The fraction of sp³-hybridized carbons (Fsp3) is 0.474. The monoisotopic (exact) mass is 471 g/mol. The van der Waals surface area contributed by atoms with Crippen molar-refractivity contribution in [2.75, 3.05) is 31.8 Å². The number of aliphatic hydroxyl groups is 1. The highest BCUT2D eigenvalue weighted by Crippen LogP contribution is 2.30. The predicted molar refractivity (Wildman–Crippen MR) is 119 cm³/mol. The number of aliphatic hydroxyl groups excluding tert-OH is 1. The zero-order valence-electron chi connectivity index (χ0n) is 17.0. The summed E-state index contributed by atoms with van der Waals surface area (Å²) in [6.45, 7) is 4.22. The molecule has 0 bridgehead atoms. The van der Waals surface area contributed by atoms with E-state index in [2.05, 4.69) is 15.5 Å². The van der Waals surface area contributed by atoms with Gasteiger partial charge in [0.2, 0.25) is 5.91 Å². The maximum atomic E-state index is 11.6. The van der Waals surface area contributed by atoms with Gasteiger partial charge < -0.3 is 19.9 Å². The first-order valence-electron chi connectivity index (χ1n) is 9.28. The van der Waals surface area contributed by atoms with E-state index in [9.17, 15) is 14.7 Å². The largest absolute Gasteiger partial charge is 0.493 e. The number of carbonyl (C=O) groups excluding carboxylic acids is 2. The molecular formula is C19H25N3O5S3. The molecule has 2 rings (SSSR count). The van der Waals surface area contributed by atoms with Crippen LogP contribution in [-0.4, -0.2) is 64.9 Å². The van der Waals surface area contributed by atoms with Crippen molar-refractivity contribution in [3.05, 3.63) is 23.8 Å². The second kappa shape index (κ2) is 12.8. The van der Waals surface area contributed by atoms with Crippen molar-refractivity contribution in [1.29, 1.82) is 0 Å². The molecule has 0 aliphatic heterocycles. The van der Waals surface area contributed by atoms with Gasteiger partial charge in [-0.1, -0.05) is 41.8 Å². The highest BCUT2D eigenvalue weighted by atomic mass is 32.2. The van der Waals surface area contributed by atoms with Crippen LogP contribution in [0.1, 0.15) is 30.6 Å². The summed E-state index contributed by atoms with van der Waals surface area (Å²) in [4.78, 5) is 23.1. The zero-order chi connectivity index (χ0) is 21.9. The van der Waals surface area contributed by atoms with Crippen LogP contribution >= 0.6 is 34.9 Å². The lowest BCUT2D eigenvalue weighted by molar-refractivity contribution is -0.118. The van der Waals surface area contributed by atoms with Crippen LogP contribution < -0.4 is 14.8 Å². The van der Waals surface area contributed by atoms with E-state index in [1.165, 1.54) is 48.9 Å². The molecule has 1 atom stereocenters. The van der Waals surface area contributed by atoms with E-state index in [0.29, 0.717) is 43.8 Å². The zero-order valence-corrected chi connectivity index (χ0v) is 19.5. The van der Waals surface area contributed by atoms with Crippen molar-refractivity contribution in [3.63, 3.8) is 0 Å². The molecule has 30 heavy (non-hydrogen) atoms. The van der Waals surface area contributed by atoms with Crippen LogP contribution in [0.2, 0.25) is 0 Å². The summed E-state index contributed by atoms with van der Waals surface area (Å²) < 4.78 is 12.3. The summed E-state index contributed by atoms with van der Waals surface area (Å²) in [6.07, 6.45) is 0.172. The Hall–Kier alpha value is -1.82. The number of nitrogens with one attached hydrogen (secondary N) is 1. The third-order valence-corrected chi connectivity index (χ3v) is 7.02. The molecule has 2 N–H and O–H groups in total. The van der Waals surface area contributed by atoms with E-state index in [0.717, 1.165) is 6.42 Å². The summed E-state index contributed by atoms with van der Waals surface area (Å²) in [5, 5.41) is 21.1. The number of benzene rings is 1. The molecule has 0 fully saturated rings. The Morgan fingerprint density at radius 2 is 1.97 bits per heavy atom. The molecule has 1 unspecified atom stereocenters. The fourth-order valence-corrected chi connectivity index (χ4v) is 4.95. The van der Waals surface area contributed by atoms with Gasteiger partial charge in [-0.15, -0.1) is 10.2 Å². The lowest BCUT2D eigenvalue weighted by Crippen LogP contribution is -2.25. The van der Waals surface area contributed by atoms with Gasteiger partial charge in [0.1, 0.15) is 6.61 Å². The van der Waals surface area contributed by atoms with Crippen LogP contribution in [0.15, 0.2) is 26.9 Å². The Morgan fingerprint density at radius 1 is 1.23 bits per heavy atom. The third-order valence-electron chi connectivity index (χ3n) is 3.69. The van der Waals surface area contributed by atoms with Crippen molar-refractivity contribution in [2.24, 2.45) is 0 Å². The molecule has 1 heterocycles. The number of methoxy groups -OCH3 is 1. The number of rotatable bonds is 13. The molecule has 1 aromatic carbocycles. The number of hydrogen-bond acceptors (Lipinski definition) is 10. The number of hydrogen-bond donors (Lipinski definition) is 2. The number of aromatic nitrogens is 2. The van der Waals surface area contributed by atoms with Gasteiger partial charge in [0.15, 0.2) is 26.0 Å². The minimum absolute atomic E-state index is 0.0226. The van der Waals surface area contributed by atoms with Gasteiger partial charge in [-0.2, -0.15) is 0 Å². The second-order valence-electron chi connectivity index (χ2n) is 6.17. The number of ether oxygens (including phenoxy) is 2. The maximum Gasteiger partial charge on any atom is 0.230 e. The number of thioether (sulfide) groups is 2. The van der Waals surface area contributed by atoms with Crippen LogP contribution in [0.4, 0.5) is 0 Å². The summed E-state index contributed by atoms with van der Waals surface area (Å²) in [5.41, 5.74) is 0.531. The Labute approximate surface area is 188 Å². The molecule has 0 saturated carbocycles. The van der Waals surface area contributed by atoms with Gasteiger partial charge in [-0.05, 0) is 31.5 Å². The van der Waals surface area contributed by atoms with Gasteiger partial charge in [0.25, 0.3) is 0 Å². The molecule has 0 aliphatic rings. The lowest BCUT2D eigenvalue weighted by atomic mass is 10.1. The van der Waals surface area contributed by atoms with Crippen LogP contribution in [-0.2, 0) is 4.79 Å². The third kappa shape index (κ3) is 8.13. The molecular weight excluding hydrogens is 446 g/mol. The number of ketones is 1. The molecule has 0 radical (unpaired) electrons. The number of amides is 1. The Balaban J connectivity index is 1.76. The molecule has 2 aromatic rings. The smallest absolute Gasteiger partial charge is 0.230 e. The van der Waals surface area contributed by atoms with Crippen LogP contribution in [0.5, 0.6) is 11.5 Å². The van der Waals surface area contributed by atoms with E-state index in [4.69, 9.17) is 9.47 Å². The topological polar surface area (TPSA) is 111 Å². The van der Waals surface area contributed by atoms with Crippen LogP contribution in [0, 0.1) is 0 Å². The average Bonchev–Trinajstić information content (AvgIpc) is 3.20. The Kier molecular flexibility index (Phi) is 10.4.